The lowest BCUT2D eigenvalue weighted by atomic mass is 10.2. The Morgan fingerprint density at radius 1 is 1.24 bits per heavy atom. The molecule has 4 nitrogen and oxygen atoms in total. The second-order valence-electron chi connectivity index (χ2n) is 4.87. The fourth-order valence-electron chi connectivity index (χ4n) is 2.64. The Morgan fingerprint density at radius 2 is 1.82 bits per heavy atom. The van der Waals surface area contributed by atoms with Crippen LogP contribution in [0, 0.1) is 13.8 Å². The van der Waals surface area contributed by atoms with E-state index in [0.717, 1.165) is 23.9 Å². The lowest BCUT2D eigenvalue weighted by Crippen LogP contribution is -2.38. The second kappa shape index (κ2) is 5.45. The first-order valence-electron chi connectivity index (χ1n) is 6.49. The van der Waals surface area contributed by atoms with Crippen LogP contribution in [0.4, 0.5) is 5.95 Å². The zero-order chi connectivity index (χ0) is 12.3. The minimum atomic E-state index is 0.583. The number of nitrogens with zero attached hydrogens (tertiary/aromatic N) is 3. The van der Waals surface area contributed by atoms with Gasteiger partial charge < -0.3 is 10.6 Å². The monoisotopic (exact) mass is 234 g/mol. The standard InChI is InChI=1S/C13H22N4/c1-10-9-11(2)16-13(15-10)17(8-7-14)12-5-3-4-6-12/h9,12H,3-8,14H2,1-2H3. The molecule has 94 valence electrons. The highest BCUT2D eigenvalue weighted by Gasteiger charge is 2.24. The Hall–Kier alpha value is -1.16. The van der Waals surface area contributed by atoms with Crippen LogP contribution in [0.1, 0.15) is 37.1 Å². The third-order valence-corrected chi connectivity index (χ3v) is 3.36. The SMILES string of the molecule is Cc1cc(C)nc(N(CCN)C2CCCC2)n1. The maximum Gasteiger partial charge on any atom is 0.226 e. The van der Waals surface area contributed by atoms with Crippen LogP contribution in [0.15, 0.2) is 6.07 Å². The van der Waals surface area contributed by atoms with Crippen LogP contribution in [0.25, 0.3) is 0 Å². The van der Waals surface area contributed by atoms with Crippen molar-refractivity contribution in [2.24, 2.45) is 5.73 Å². The van der Waals surface area contributed by atoms with Gasteiger partial charge in [-0.25, -0.2) is 9.97 Å². The lowest BCUT2D eigenvalue weighted by Gasteiger charge is -2.28. The molecule has 0 saturated heterocycles. The van der Waals surface area contributed by atoms with Crippen molar-refractivity contribution in [3.05, 3.63) is 17.5 Å². The molecule has 0 amide bonds. The van der Waals surface area contributed by atoms with E-state index in [1.54, 1.807) is 0 Å². The van der Waals surface area contributed by atoms with Gasteiger partial charge in [-0.05, 0) is 32.8 Å². The van der Waals surface area contributed by atoms with Gasteiger partial charge in [-0.2, -0.15) is 0 Å². The summed E-state index contributed by atoms with van der Waals surface area (Å²) in [6.45, 7) is 5.56. The summed E-state index contributed by atoms with van der Waals surface area (Å²) in [4.78, 5) is 11.4. The number of anilines is 1. The first kappa shape index (κ1) is 12.3. The van der Waals surface area contributed by atoms with Crippen LogP contribution in [0.2, 0.25) is 0 Å². The summed E-state index contributed by atoms with van der Waals surface area (Å²) < 4.78 is 0. The molecule has 0 radical (unpaired) electrons. The summed E-state index contributed by atoms with van der Waals surface area (Å²) in [5.41, 5.74) is 7.78. The van der Waals surface area contributed by atoms with Gasteiger partial charge >= 0.3 is 0 Å². The average molecular weight is 234 g/mol. The normalized spacial score (nSPS) is 16.4. The summed E-state index contributed by atoms with van der Waals surface area (Å²) in [6, 6.07) is 2.60. The van der Waals surface area contributed by atoms with Crippen molar-refractivity contribution in [1.29, 1.82) is 0 Å². The number of hydrogen-bond acceptors (Lipinski definition) is 4. The third kappa shape index (κ3) is 2.94. The van der Waals surface area contributed by atoms with Gasteiger partial charge in [0.05, 0.1) is 0 Å². The molecule has 0 spiro atoms. The van der Waals surface area contributed by atoms with Crippen LogP contribution in [0.5, 0.6) is 0 Å². The molecular weight excluding hydrogens is 212 g/mol. The number of aryl methyl sites for hydroxylation is 2. The van der Waals surface area contributed by atoms with E-state index < -0.39 is 0 Å². The molecule has 0 atom stereocenters. The van der Waals surface area contributed by atoms with E-state index in [-0.39, 0.29) is 0 Å². The molecule has 1 heterocycles. The molecule has 4 heteroatoms. The summed E-state index contributed by atoms with van der Waals surface area (Å²) in [5.74, 6) is 0.861. The molecule has 1 saturated carbocycles. The van der Waals surface area contributed by atoms with Gasteiger partial charge in [-0.1, -0.05) is 12.8 Å². The number of nitrogens with two attached hydrogens (primary N) is 1. The van der Waals surface area contributed by atoms with Crippen molar-refractivity contribution in [1.82, 2.24) is 9.97 Å². The van der Waals surface area contributed by atoms with Gasteiger partial charge in [0.1, 0.15) is 0 Å². The van der Waals surface area contributed by atoms with E-state index in [1.807, 2.05) is 19.9 Å². The van der Waals surface area contributed by atoms with E-state index in [2.05, 4.69) is 14.9 Å². The summed E-state index contributed by atoms with van der Waals surface area (Å²) in [5, 5.41) is 0. The zero-order valence-electron chi connectivity index (χ0n) is 10.8. The van der Waals surface area contributed by atoms with Gasteiger partial charge in [0, 0.05) is 30.5 Å². The quantitative estimate of drug-likeness (QED) is 0.863. The summed E-state index contributed by atoms with van der Waals surface area (Å²) >= 11 is 0. The minimum absolute atomic E-state index is 0.583. The largest absolute Gasteiger partial charge is 0.337 e. The average Bonchev–Trinajstić information content (AvgIpc) is 2.77. The topological polar surface area (TPSA) is 55.0 Å². The molecule has 0 aromatic carbocycles. The van der Waals surface area contributed by atoms with Gasteiger partial charge in [0.15, 0.2) is 0 Å². The minimum Gasteiger partial charge on any atom is -0.337 e. The highest BCUT2D eigenvalue weighted by molar-refractivity contribution is 5.34. The Kier molecular flexibility index (Phi) is 3.94. The molecule has 2 N–H and O–H groups in total. The predicted octanol–water partition coefficient (Wildman–Crippen LogP) is 1.80. The fourth-order valence-corrected chi connectivity index (χ4v) is 2.64. The van der Waals surface area contributed by atoms with Gasteiger partial charge in [0.2, 0.25) is 5.95 Å². The van der Waals surface area contributed by atoms with Crippen molar-refractivity contribution in [3.8, 4) is 0 Å². The molecule has 1 aliphatic carbocycles. The van der Waals surface area contributed by atoms with Crippen molar-refractivity contribution in [2.75, 3.05) is 18.0 Å². The molecule has 0 aliphatic heterocycles. The van der Waals surface area contributed by atoms with Crippen molar-refractivity contribution >= 4 is 5.95 Å². The van der Waals surface area contributed by atoms with E-state index in [4.69, 9.17) is 5.73 Å². The van der Waals surface area contributed by atoms with Crippen LogP contribution in [-0.2, 0) is 0 Å². The van der Waals surface area contributed by atoms with E-state index >= 15 is 0 Å². The van der Waals surface area contributed by atoms with Crippen LogP contribution < -0.4 is 10.6 Å². The van der Waals surface area contributed by atoms with Crippen LogP contribution in [-0.4, -0.2) is 29.1 Å². The number of hydrogen-bond donors (Lipinski definition) is 1. The van der Waals surface area contributed by atoms with Crippen molar-refractivity contribution in [2.45, 2.75) is 45.6 Å². The van der Waals surface area contributed by atoms with Crippen molar-refractivity contribution in [3.63, 3.8) is 0 Å². The highest BCUT2D eigenvalue weighted by atomic mass is 15.3. The van der Waals surface area contributed by atoms with Gasteiger partial charge in [-0.15, -0.1) is 0 Å². The number of rotatable bonds is 4. The number of aromatic nitrogens is 2. The van der Waals surface area contributed by atoms with E-state index in [0.29, 0.717) is 12.6 Å². The first-order valence-corrected chi connectivity index (χ1v) is 6.49. The molecular formula is C13H22N4. The zero-order valence-corrected chi connectivity index (χ0v) is 10.8. The van der Waals surface area contributed by atoms with Crippen molar-refractivity contribution < 1.29 is 0 Å². The molecule has 0 bridgehead atoms. The Balaban J connectivity index is 2.24. The fraction of sp³-hybridized carbons (Fsp3) is 0.692. The Labute approximate surface area is 103 Å². The molecule has 17 heavy (non-hydrogen) atoms. The summed E-state index contributed by atoms with van der Waals surface area (Å²) in [6.07, 6.45) is 5.12. The summed E-state index contributed by atoms with van der Waals surface area (Å²) in [7, 11) is 0. The molecule has 2 rings (SSSR count). The second-order valence-corrected chi connectivity index (χ2v) is 4.87. The molecule has 0 unspecified atom stereocenters. The highest BCUT2D eigenvalue weighted by Crippen LogP contribution is 2.26. The van der Waals surface area contributed by atoms with E-state index in [1.165, 1.54) is 25.7 Å². The molecule has 1 aromatic rings. The smallest absolute Gasteiger partial charge is 0.226 e. The molecule has 1 aliphatic rings. The van der Waals surface area contributed by atoms with Crippen LogP contribution in [0.3, 0.4) is 0 Å². The van der Waals surface area contributed by atoms with E-state index in [9.17, 15) is 0 Å². The van der Waals surface area contributed by atoms with Crippen LogP contribution >= 0.6 is 0 Å². The predicted molar refractivity (Wildman–Crippen MR) is 70.2 cm³/mol. The molecule has 1 fully saturated rings. The Morgan fingerprint density at radius 3 is 2.35 bits per heavy atom. The van der Waals surface area contributed by atoms with Gasteiger partial charge in [0.25, 0.3) is 0 Å². The lowest BCUT2D eigenvalue weighted by molar-refractivity contribution is 0.593. The Bertz CT molecular complexity index is 351. The third-order valence-electron chi connectivity index (χ3n) is 3.36. The first-order chi connectivity index (χ1) is 8.20. The van der Waals surface area contributed by atoms with Gasteiger partial charge in [-0.3, -0.25) is 0 Å². The maximum atomic E-state index is 5.71. The maximum absolute atomic E-state index is 5.71. The molecule has 1 aromatic heterocycles.